The Morgan fingerprint density at radius 3 is 2.11 bits per heavy atom. The number of aromatic hydroxyl groups is 2. The first-order chi connectivity index (χ1) is 13.1. The van der Waals surface area contributed by atoms with Crippen LogP contribution in [0.5, 0.6) is 11.5 Å². The van der Waals surface area contributed by atoms with Crippen LogP contribution in [-0.4, -0.2) is 35.4 Å². The summed E-state index contributed by atoms with van der Waals surface area (Å²) in [6.45, 7) is 0.624. The normalized spacial score (nSPS) is 10.5. The first-order valence-electron chi connectivity index (χ1n) is 8.97. The zero-order chi connectivity index (χ0) is 19.5. The van der Waals surface area contributed by atoms with E-state index in [1.165, 1.54) is 24.5 Å². The molecule has 2 aromatic rings. The Morgan fingerprint density at radius 1 is 0.852 bits per heavy atom. The van der Waals surface area contributed by atoms with Gasteiger partial charge in [0.05, 0.1) is 19.5 Å². The van der Waals surface area contributed by atoms with Gasteiger partial charge in [-0.25, -0.2) is 9.59 Å². The molecule has 0 aliphatic carbocycles. The van der Waals surface area contributed by atoms with Crippen molar-refractivity contribution in [3.63, 3.8) is 0 Å². The minimum Gasteiger partial charge on any atom is -0.508 e. The van der Waals surface area contributed by atoms with Crippen LogP contribution in [0.4, 0.5) is 0 Å². The third-order valence-corrected chi connectivity index (χ3v) is 3.93. The van der Waals surface area contributed by atoms with E-state index >= 15 is 0 Å². The van der Waals surface area contributed by atoms with Crippen LogP contribution in [0.3, 0.4) is 0 Å². The van der Waals surface area contributed by atoms with E-state index in [0.29, 0.717) is 6.61 Å². The van der Waals surface area contributed by atoms with E-state index in [0.717, 1.165) is 38.5 Å². The minimum absolute atomic E-state index is 0.0425. The van der Waals surface area contributed by atoms with E-state index in [1.54, 1.807) is 12.1 Å². The van der Waals surface area contributed by atoms with Crippen LogP contribution in [0.25, 0.3) is 0 Å². The maximum Gasteiger partial charge on any atom is 0.374 e. The highest BCUT2D eigenvalue weighted by molar-refractivity contribution is 5.92. The van der Waals surface area contributed by atoms with Gasteiger partial charge < -0.3 is 24.1 Å². The predicted octanol–water partition coefficient (Wildman–Crippen LogP) is 4.05. The van der Waals surface area contributed by atoms with Crippen LogP contribution in [0.2, 0.25) is 0 Å². The van der Waals surface area contributed by atoms with Gasteiger partial charge in [-0.15, -0.1) is 0 Å². The van der Waals surface area contributed by atoms with E-state index < -0.39 is 11.9 Å². The third kappa shape index (κ3) is 7.05. The van der Waals surface area contributed by atoms with Crippen molar-refractivity contribution in [2.45, 2.75) is 38.5 Å². The fourth-order valence-electron chi connectivity index (χ4n) is 2.47. The van der Waals surface area contributed by atoms with E-state index in [4.69, 9.17) is 13.9 Å². The Hall–Kier alpha value is -2.96. The van der Waals surface area contributed by atoms with Crippen LogP contribution in [0.15, 0.2) is 41.0 Å². The molecule has 0 spiro atoms. The molecule has 0 amide bonds. The van der Waals surface area contributed by atoms with Gasteiger partial charge in [-0.2, -0.15) is 0 Å². The number of hydrogen-bond acceptors (Lipinski definition) is 7. The van der Waals surface area contributed by atoms with E-state index in [2.05, 4.69) is 0 Å². The Balaban J connectivity index is 1.46. The van der Waals surface area contributed by atoms with Gasteiger partial charge in [0.15, 0.2) is 0 Å². The average molecular weight is 376 g/mol. The molecule has 0 fully saturated rings. The minimum atomic E-state index is -0.651. The third-order valence-electron chi connectivity index (χ3n) is 3.93. The molecule has 0 aliphatic rings. The second-order valence-corrected chi connectivity index (χ2v) is 6.07. The molecule has 0 saturated heterocycles. The first kappa shape index (κ1) is 20.4. The molecule has 1 aromatic heterocycles. The summed E-state index contributed by atoms with van der Waals surface area (Å²) in [4.78, 5) is 23.3. The number of phenols is 2. The van der Waals surface area contributed by atoms with Crippen molar-refractivity contribution >= 4 is 11.9 Å². The maximum atomic E-state index is 11.8. The van der Waals surface area contributed by atoms with Crippen LogP contribution in [0, 0.1) is 0 Å². The number of ether oxygens (including phenoxy) is 2. The number of hydrogen-bond donors (Lipinski definition) is 2. The number of esters is 2. The number of carbonyl (C=O) groups is 2. The molecule has 0 saturated carbocycles. The molecule has 0 radical (unpaired) electrons. The highest BCUT2D eigenvalue weighted by atomic mass is 16.5. The van der Waals surface area contributed by atoms with E-state index in [-0.39, 0.29) is 29.4 Å². The Kier molecular flexibility index (Phi) is 8.22. The molecule has 7 heteroatoms. The van der Waals surface area contributed by atoms with Crippen molar-refractivity contribution in [2.24, 2.45) is 0 Å². The van der Waals surface area contributed by atoms with Gasteiger partial charge in [-0.3, -0.25) is 0 Å². The van der Waals surface area contributed by atoms with Crippen molar-refractivity contribution in [1.82, 2.24) is 0 Å². The summed E-state index contributed by atoms with van der Waals surface area (Å²) in [5, 5.41) is 18.9. The summed E-state index contributed by atoms with van der Waals surface area (Å²) in [7, 11) is 0. The number of benzene rings is 1. The van der Waals surface area contributed by atoms with Gasteiger partial charge in [-0.1, -0.05) is 25.7 Å². The number of carbonyl (C=O) groups excluding carboxylic acids is 2. The molecule has 0 aliphatic heterocycles. The van der Waals surface area contributed by atoms with Gasteiger partial charge in [0.25, 0.3) is 0 Å². The van der Waals surface area contributed by atoms with Crippen molar-refractivity contribution < 1.29 is 33.7 Å². The number of phenolic OH excluding ortho intramolecular Hbond substituents is 2. The molecule has 1 heterocycles. The zero-order valence-corrected chi connectivity index (χ0v) is 15.1. The second kappa shape index (κ2) is 10.9. The Bertz CT molecular complexity index is 722. The Morgan fingerprint density at radius 2 is 1.48 bits per heavy atom. The summed E-state index contributed by atoms with van der Waals surface area (Å²) in [6, 6.07) is 6.93. The lowest BCUT2D eigenvalue weighted by atomic mass is 10.1. The van der Waals surface area contributed by atoms with Gasteiger partial charge in [-0.05, 0) is 43.2 Å². The summed E-state index contributed by atoms with van der Waals surface area (Å²) in [5.74, 6) is -1.20. The van der Waals surface area contributed by atoms with Crippen molar-refractivity contribution in [3.8, 4) is 11.5 Å². The maximum absolute atomic E-state index is 11.8. The van der Waals surface area contributed by atoms with Crippen LogP contribution in [0.1, 0.15) is 59.4 Å². The molecule has 146 valence electrons. The topological polar surface area (TPSA) is 106 Å². The smallest absolute Gasteiger partial charge is 0.374 e. The highest BCUT2D eigenvalue weighted by Gasteiger charge is 2.13. The fraction of sp³-hybridized carbons (Fsp3) is 0.400. The van der Waals surface area contributed by atoms with Gasteiger partial charge in [0.1, 0.15) is 17.1 Å². The predicted molar refractivity (Wildman–Crippen MR) is 96.7 cm³/mol. The SMILES string of the molecule is O=C(OCCCCCCCCOC(=O)c1cc(O)ccc1O)c1ccco1. The quantitative estimate of drug-likeness (QED) is 0.346. The first-order valence-corrected chi connectivity index (χ1v) is 8.97. The summed E-state index contributed by atoms with van der Waals surface area (Å²) in [6.07, 6.45) is 6.78. The molecule has 7 nitrogen and oxygen atoms in total. The van der Waals surface area contributed by atoms with Crippen molar-refractivity contribution in [3.05, 3.63) is 47.9 Å². The monoisotopic (exact) mass is 376 g/mol. The average Bonchev–Trinajstić information content (AvgIpc) is 3.19. The number of rotatable bonds is 11. The standard InChI is InChI=1S/C20H24O7/c21-15-9-10-17(22)16(14-15)19(23)26-11-5-3-1-2-4-6-12-27-20(24)18-8-7-13-25-18/h7-10,13-14,21-22H,1-6,11-12H2. The molecular formula is C20H24O7. The summed E-state index contributed by atoms with van der Waals surface area (Å²) >= 11 is 0. The van der Waals surface area contributed by atoms with Gasteiger partial charge in [0.2, 0.25) is 5.76 Å². The van der Waals surface area contributed by atoms with Crippen LogP contribution >= 0.6 is 0 Å². The molecule has 0 unspecified atom stereocenters. The van der Waals surface area contributed by atoms with Gasteiger partial charge in [0, 0.05) is 0 Å². The zero-order valence-electron chi connectivity index (χ0n) is 15.1. The lowest BCUT2D eigenvalue weighted by Gasteiger charge is -2.07. The lowest BCUT2D eigenvalue weighted by Crippen LogP contribution is -2.06. The molecular weight excluding hydrogens is 352 g/mol. The fourth-order valence-corrected chi connectivity index (χ4v) is 2.47. The second-order valence-electron chi connectivity index (χ2n) is 6.07. The lowest BCUT2D eigenvalue weighted by molar-refractivity contribution is 0.0457. The molecule has 1 aromatic carbocycles. The van der Waals surface area contributed by atoms with Crippen LogP contribution in [-0.2, 0) is 9.47 Å². The largest absolute Gasteiger partial charge is 0.508 e. The van der Waals surface area contributed by atoms with E-state index in [1.807, 2.05) is 0 Å². The van der Waals surface area contributed by atoms with Crippen molar-refractivity contribution in [1.29, 1.82) is 0 Å². The van der Waals surface area contributed by atoms with E-state index in [9.17, 15) is 19.8 Å². The molecule has 2 N–H and O–H groups in total. The Labute approximate surface area is 157 Å². The number of unbranched alkanes of at least 4 members (excludes halogenated alkanes) is 5. The molecule has 27 heavy (non-hydrogen) atoms. The molecule has 0 bridgehead atoms. The highest BCUT2D eigenvalue weighted by Crippen LogP contribution is 2.22. The van der Waals surface area contributed by atoms with Gasteiger partial charge >= 0.3 is 11.9 Å². The van der Waals surface area contributed by atoms with Crippen LogP contribution < -0.4 is 0 Å². The summed E-state index contributed by atoms with van der Waals surface area (Å²) < 4.78 is 15.1. The molecule has 0 atom stereocenters. The summed E-state index contributed by atoms with van der Waals surface area (Å²) in [5.41, 5.74) is -0.0425. The number of furan rings is 1. The molecule has 2 rings (SSSR count). The van der Waals surface area contributed by atoms with Crippen molar-refractivity contribution in [2.75, 3.05) is 13.2 Å².